The standard InChI is InChI=1S/C24H27N7O2/c1-29-20-16-26-24(27-21-8-7-18(15-25-21)30-12-9-19(32)10-13-30)28-23(20)31(14-11-22(29)33)17-5-3-2-4-6-17/h2-8,15-16,19,32H,9-14H2,1H3,(H,25,26,27,28). The molecular weight excluding hydrogens is 418 g/mol. The molecule has 1 amide bonds. The molecule has 9 nitrogen and oxygen atoms in total. The van der Waals surface area contributed by atoms with Gasteiger partial charge in [0, 0.05) is 38.8 Å². The van der Waals surface area contributed by atoms with Gasteiger partial charge in [0.2, 0.25) is 11.9 Å². The summed E-state index contributed by atoms with van der Waals surface area (Å²) in [4.78, 5) is 32.1. The SMILES string of the molecule is CN1C(=O)CCN(c2ccccc2)c2nc(Nc3ccc(N4CCC(O)CC4)cn3)ncc21. The van der Waals surface area contributed by atoms with Crippen LogP contribution in [0.25, 0.3) is 0 Å². The first-order valence-electron chi connectivity index (χ1n) is 11.2. The number of para-hydroxylation sites is 1. The third kappa shape index (κ3) is 4.45. The highest BCUT2D eigenvalue weighted by molar-refractivity contribution is 5.98. The number of aliphatic hydroxyl groups excluding tert-OH is 1. The minimum Gasteiger partial charge on any atom is -0.393 e. The zero-order valence-corrected chi connectivity index (χ0v) is 18.6. The van der Waals surface area contributed by atoms with Crippen LogP contribution in [-0.4, -0.2) is 58.8 Å². The van der Waals surface area contributed by atoms with Gasteiger partial charge >= 0.3 is 0 Å². The lowest BCUT2D eigenvalue weighted by Crippen LogP contribution is -2.35. The highest BCUT2D eigenvalue weighted by atomic mass is 16.3. The second-order valence-corrected chi connectivity index (χ2v) is 8.34. The Hall–Kier alpha value is -3.72. The van der Waals surface area contributed by atoms with Crippen LogP contribution in [-0.2, 0) is 4.79 Å². The average Bonchev–Trinajstić information content (AvgIpc) is 2.97. The number of aliphatic hydroxyl groups is 1. The molecule has 1 saturated heterocycles. The van der Waals surface area contributed by atoms with E-state index in [0.717, 1.165) is 37.3 Å². The van der Waals surface area contributed by atoms with Crippen molar-refractivity contribution in [3.63, 3.8) is 0 Å². The molecule has 0 atom stereocenters. The molecule has 1 fully saturated rings. The fourth-order valence-corrected chi connectivity index (χ4v) is 4.22. The van der Waals surface area contributed by atoms with Crippen molar-refractivity contribution in [2.45, 2.75) is 25.4 Å². The summed E-state index contributed by atoms with van der Waals surface area (Å²) in [6.45, 7) is 2.18. The van der Waals surface area contributed by atoms with Crippen molar-refractivity contribution in [3.05, 3.63) is 54.9 Å². The van der Waals surface area contributed by atoms with Crippen molar-refractivity contribution in [3.8, 4) is 0 Å². The largest absolute Gasteiger partial charge is 0.393 e. The predicted molar refractivity (Wildman–Crippen MR) is 128 cm³/mol. The van der Waals surface area contributed by atoms with Crippen molar-refractivity contribution >= 4 is 40.6 Å². The van der Waals surface area contributed by atoms with Gasteiger partial charge in [0.1, 0.15) is 11.5 Å². The van der Waals surface area contributed by atoms with E-state index in [-0.39, 0.29) is 12.0 Å². The quantitative estimate of drug-likeness (QED) is 0.632. The van der Waals surface area contributed by atoms with Crippen molar-refractivity contribution in [1.82, 2.24) is 15.0 Å². The number of fused-ring (bicyclic) bond motifs is 1. The van der Waals surface area contributed by atoms with Crippen LogP contribution in [0.15, 0.2) is 54.9 Å². The summed E-state index contributed by atoms with van der Waals surface area (Å²) < 4.78 is 0. The maximum Gasteiger partial charge on any atom is 0.230 e. The van der Waals surface area contributed by atoms with E-state index in [9.17, 15) is 9.90 Å². The molecule has 2 aromatic heterocycles. The molecule has 2 aliphatic rings. The van der Waals surface area contributed by atoms with Gasteiger partial charge in [-0.05, 0) is 37.1 Å². The van der Waals surface area contributed by atoms with E-state index < -0.39 is 0 Å². The van der Waals surface area contributed by atoms with Gasteiger partial charge in [-0.25, -0.2) is 9.97 Å². The first-order chi connectivity index (χ1) is 16.1. The predicted octanol–water partition coefficient (Wildman–Crippen LogP) is 3.08. The molecular formula is C24H27N7O2. The molecule has 0 spiro atoms. The second-order valence-electron chi connectivity index (χ2n) is 8.34. The van der Waals surface area contributed by atoms with E-state index in [4.69, 9.17) is 4.98 Å². The molecule has 0 unspecified atom stereocenters. The minimum atomic E-state index is -0.203. The van der Waals surface area contributed by atoms with Gasteiger partial charge in [-0.2, -0.15) is 4.98 Å². The van der Waals surface area contributed by atoms with Crippen LogP contribution in [0.3, 0.4) is 0 Å². The lowest BCUT2D eigenvalue weighted by molar-refractivity contribution is -0.118. The molecule has 1 aromatic carbocycles. The molecule has 3 aromatic rings. The Balaban J connectivity index is 1.40. The van der Waals surface area contributed by atoms with Crippen molar-refractivity contribution in [2.24, 2.45) is 0 Å². The summed E-state index contributed by atoms with van der Waals surface area (Å²) in [6.07, 6.45) is 5.24. The van der Waals surface area contributed by atoms with Gasteiger partial charge in [-0.1, -0.05) is 18.2 Å². The number of hydrogen-bond acceptors (Lipinski definition) is 8. The lowest BCUT2D eigenvalue weighted by atomic mass is 10.1. The van der Waals surface area contributed by atoms with E-state index >= 15 is 0 Å². The van der Waals surface area contributed by atoms with Crippen LogP contribution < -0.4 is 20.0 Å². The number of piperidine rings is 1. The Bertz CT molecular complexity index is 1120. The zero-order valence-electron chi connectivity index (χ0n) is 18.6. The first kappa shape index (κ1) is 21.1. The van der Waals surface area contributed by atoms with Gasteiger partial charge in [-0.3, -0.25) is 4.79 Å². The van der Waals surface area contributed by atoms with Crippen molar-refractivity contribution < 1.29 is 9.90 Å². The summed E-state index contributed by atoms with van der Waals surface area (Å²) in [5.41, 5.74) is 2.67. The summed E-state index contributed by atoms with van der Waals surface area (Å²) in [6, 6.07) is 13.8. The molecule has 0 aliphatic carbocycles. The number of rotatable bonds is 4. The summed E-state index contributed by atoms with van der Waals surface area (Å²) in [7, 11) is 1.76. The Morgan fingerprint density at radius 2 is 1.76 bits per heavy atom. The number of pyridine rings is 1. The lowest BCUT2D eigenvalue weighted by Gasteiger charge is -2.31. The Morgan fingerprint density at radius 3 is 2.48 bits per heavy atom. The van der Waals surface area contributed by atoms with E-state index in [1.807, 2.05) is 53.6 Å². The summed E-state index contributed by atoms with van der Waals surface area (Å²) in [5, 5.41) is 12.9. The summed E-state index contributed by atoms with van der Waals surface area (Å²) >= 11 is 0. The fraction of sp³-hybridized carbons (Fsp3) is 0.333. The number of nitrogens with one attached hydrogen (secondary N) is 1. The Kier molecular flexibility index (Phi) is 5.78. The number of carbonyl (C=O) groups is 1. The van der Waals surface area contributed by atoms with Crippen LogP contribution in [0, 0.1) is 0 Å². The maximum atomic E-state index is 12.5. The van der Waals surface area contributed by atoms with Crippen LogP contribution in [0.1, 0.15) is 19.3 Å². The molecule has 2 N–H and O–H groups in total. The topological polar surface area (TPSA) is 97.7 Å². The number of aromatic nitrogens is 3. The molecule has 170 valence electrons. The highest BCUT2D eigenvalue weighted by Gasteiger charge is 2.27. The van der Waals surface area contributed by atoms with Crippen LogP contribution in [0.2, 0.25) is 0 Å². The average molecular weight is 446 g/mol. The molecule has 9 heteroatoms. The fourth-order valence-electron chi connectivity index (χ4n) is 4.22. The molecule has 0 bridgehead atoms. The third-order valence-electron chi connectivity index (χ3n) is 6.18. The van der Waals surface area contributed by atoms with Crippen molar-refractivity contribution in [1.29, 1.82) is 0 Å². The smallest absolute Gasteiger partial charge is 0.230 e. The monoisotopic (exact) mass is 445 g/mol. The molecule has 0 saturated carbocycles. The highest BCUT2D eigenvalue weighted by Crippen LogP contribution is 2.35. The maximum absolute atomic E-state index is 12.5. The number of carbonyl (C=O) groups excluding carboxylic acids is 1. The second kappa shape index (κ2) is 9.03. The van der Waals surface area contributed by atoms with Gasteiger partial charge in [0.05, 0.1) is 24.2 Å². The molecule has 33 heavy (non-hydrogen) atoms. The number of hydrogen-bond donors (Lipinski definition) is 2. The third-order valence-corrected chi connectivity index (χ3v) is 6.18. The Morgan fingerprint density at radius 1 is 0.970 bits per heavy atom. The first-order valence-corrected chi connectivity index (χ1v) is 11.2. The van der Waals surface area contributed by atoms with Gasteiger partial charge in [0.25, 0.3) is 0 Å². The number of nitrogens with zero attached hydrogens (tertiary/aromatic N) is 6. The minimum absolute atomic E-state index is 0.0291. The Labute approximate surface area is 192 Å². The molecule has 2 aliphatic heterocycles. The summed E-state index contributed by atoms with van der Waals surface area (Å²) in [5.74, 6) is 1.76. The van der Waals surface area contributed by atoms with Crippen LogP contribution in [0.4, 0.5) is 34.6 Å². The zero-order chi connectivity index (χ0) is 22.8. The number of anilines is 6. The van der Waals surface area contributed by atoms with Crippen molar-refractivity contribution in [2.75, 3.05) is 46.7 Å². The van der Waals surface area contributed by atoms with E-state index in [0.29, 0.717) is 36.2 Å². The van der Waals surface area contributed by atoms with Crippen LogP contribution >= 0.6 is 0 Å². The van der Waals surface area contributed by atoms with Gasteiger partial charge < -0.3 is 25.1 Å². The van der Waals surface area contributed by atoms with E-state index in [2.05, 4.69) is 20.2 Å². The van der Waals surface area contributed by atoms with E-state index in [1.54, 1.807) is 18.1 Å². The molecule has 5 rings (SSSR count). The molecule has 4 heterocycles. The van der Waals surface area contributed by atoms with Gasteiger partial charge in [-0.15, -0.1) is 0 Å². The van der Waals surface area contributed by atoms with E-state index in [1.165, 1.54) is 0 Å². The number of benzene rings is 1. The van der Waals surface area contributed by atoms with Gasteiger partial charge in [0.15, 0.2) is 5.82 Å². The number of amides is 1. The van der Waals surface area contributed by atoms with Crippen LogP contribution in [0.5, 0.6) is 0 Å². The normalized spacial score (nSPS) is 17.0. The molecule has 0 radical (unpaired) electrons.